The fourth-order valence-corrected chi connectivity index (χ4v) is 4.60. The fourth-order valence-electron chi connectivity index (χ4n) is 4.60. The number of nitrogens with one attached hydrogen (secondary N) is 1. The molecule has 2 aromatic carbocycles. The number of carbonyl (C=O) groups is 1. The average Bonchev–Trinajstić information content (AvgIpc) is 3.31. The van der Waals surface area contributed by atoms with Gasteiger partial charge in [0.05, 0.1) is 5.57 Å². The maximum Gasteiger partial charge on any atom is 0.260 e. The van der Waals surface area contributed by atoms with Crippen molar-refractivity contribution in [3.8, 4) is 0 Å². The maximum atomic E-state index is 12.5. The predicted octanol–water partition coefficient (Wildman–Crippen LogP) is 3.28. The van der Waals surface area contributed by atoms with Gasteiger partial charge in [0.2, 0.25) is 0 Å². The van der Waals surface area contributed by atoms with E-state index in [1.54, 1.807) is 0 Å². The molecule has 0 atom stereocenters. The minimum absolute atomic E-state index is 0.0931. The molecular weight excluding hydrogens is 364 g/mol. The molecule has 0 aliphatic carbocycles. The van der Waals surface area contributed by atoms with Gasteiger partial charge in [0.1, 0.15) is 12.4 Å². The van der Waals surface area contributed by atoms with Gasteiger partial charge in [-0.2, -0.15) is 0 Å². The molecule has 3 aliphatic rings. The van der Waals surface area contributed by atoms with Crippen molar-refractivity contribution in [2.24, 2.45) is 5.92 Å². The summed E-state index contributed by atoms with van der Waals surface area (Å²) >= 11 is 0. The van der Waals surface area contributed by atoms with Crippen LogP contribution in [0.5, 0.6) is 0 Å². The predicted molar refractivity (Wildman–Crippen MR) is 113 cm³/mol. The summed E-state index contributed by atoms with van der Waals surface area (Å²) in [5.74, 6) is 1.08. The Balaban J connectivity index is 1.33. The van der Waals surface area contributed by atoms with Gasteiger partial charge >= 0.3 is 0 Å². The number of piperidine rings is 1. The summed E-state index contributed by atoms with van der Waals surface area (Å²) in [5, 5.41) is 12.2. The second-order valence-corrected chi connectivity index (χ2v) is 8.20. The van der Waals surface area contributed by atoms with Crippen LogP contribution in [0.15, 0.2) is 42.5 Å². The molecule has 1 amide bonds. The highest BCUT2D eigenvalue weighted by molar-refractivity contribution is 6.36. The van der Waals surface area contributed by atoms with Crippen LogP contribution >= 0.6 is 0 Å². The largest absolute Gasteiger partial charge is 0.487 e. The standard InChI is InChI=1S/C24H26N2O3/c27-14-17-8-11-26(12-9-17)10-7-16-5-6-19-18(13-16)15-29-23(19)22-20-3-1-2-4-21(20)25-24(22)28/h1-6,13,17,27H,7-12,14-15H2,(H,25,28)/b23-22+. The monoisotopic (exact) mass is 390 g/mol. The van der Waals surface area contributed by atoms with Gasteiger partial charge in [-0.15, -0.1) is 0 Å². The van der Waals surface area contributed by atoms with E-state index in [9.17, 15) is 9.90 Å². The van der Waals surface area contributed by atoms with Gasteiger partial charge in [-0.3, -0.25) is 4.79 Å². The molecule has 3 heterocycles. The summed E-state index contributed by atoms with van der Waals surface area (Å²) in [5.41, 5.74) is 5.88. The summed E-state index contributed by atoms with van der Waals surface area (Å²) in [4.78, 5) is 15.0. The van der Waals surface area contributed by atoms with Crippen molar-refractivity contribution in [3.63, 3.8) is 0 Å². The van der Waals surface area contributed by atoms with E-state index in [4.69, 9.17) is 4.74 Å². The molecule has 0 unspecified atom stereocenters. The lowest BCUT2D eigenvalue weighted by molar-refractivity contribution is -0.110. The van der Waals surface area contributed by atoms with Crippen molar-refractivity contribution in [2.75, 3.05) is 31.6 Å². The number of hydrogen-bond donors (Lipinski definition) is 2. The summed E-state index contributed by atoms with van der Waals surface area (Å²) in [7, 11) is 0. The molecule has 0 aromatic heterocycles. The van der Waals surface area contributed by atoms with Gasteiger partial charge in [-0.05, 0) is 49.9 Å². The highest BCUT2D eigenvalue weighted by atomic mass is 16.5. The zero-order valence-corrected chi connectivity index (χ0v) is 16.5. The van der Waals surface area contributed by atoms with Crippen molar-refractivity contribution in [2.45, 2.75) is 25.9 Å². The number of benzene rings is 2. The highest BCUT2D eigenvalue weighted by Crippen LogP contribution is 2.41. The Hall–Kier alpha value is -2.63. The van der Waals surface area contributed by atoms with Crippen LogP contribution in [0.3, 0.4) is 0 Å². The van der Waals surface area contributed by atoms with Crippen molar-refractivity contribution in [1.82, 2.24) is 4.90 Å². The lowest BCUT2D eigenvalue weighted by atomic mass is 9.96. The molecule has 29 heavy (non-hydrogen) atoms. The Labute approximate surface area is 171 Å². The maximum absolute atomic E-state index is 12.5. The van der Waals surface area contributed by atoms with Gasteiger partial charge in [0.15, 0.2) is 0 Å². The molecular formula is C24H26N2O3. The Kier molecular flexibility index (Phi) is 4.86. The van der Waals surface area contributed by atoms with E-state index >= 15 is 0 Å². The molecule has 3 aliphatic heterocycles. The molecule has 2 N–H and O–H groups in total. The van der Waals surface area contributed by atoms with Crippen LogP contribution < -0.4 is 5.32 Å². The molecule has 5 heteroatoms. The number of aliphatic hydroxyl groups excluding tert-OH is 1. The zero-order chi connectivity index (χ0) is 19.8. The number of amides is 1. The summed E-state index contributed by atoms with van der Waals surface area (Å²) in [6.07, 6.45) is 3.19. The Morgan fingerprint density at radius 1 is 1.10 bits per heavy atom. The Morgan fingerprint density at radius 2 is 1.93 bits per heavy atom. The van der Waals surface area contributed by atoms with Crippen LogP contribution in [-0.4, -0.2) is 42.2 Å². The first-order valence-electron chi connectivity index (χ1n) is 10.5. The first kappa shape index (κ1) is 18.4. The number of aliphatic hydroxyl groups is 1. The Morgan fingerprint density at radius 3 is 2.76 bits per heavy atom. The minimum atomic E-state index is -0.0931. The van der Waals surface area contributed by atoms with E-state index in [1.165, 1.54) is 5.56 Å². The number of hydrogen-bond acceptors (Lipinski definition) is 4. The van der Waals surface area contributed by atoms with Crippen molar-refractivity contribution < 1.29 is 14.6 Å². The third-order valence-electron chi connectivity index (χ3n) is 6.37. The summed E-state index contributed by atoms with van der Waals surface area (Å²) in [6, 6.07) is 14.2. The number of fused-ring (bicyclic) bond motifs is 2. The molecule has 2 aromatic rings. The zero-order valence-electron chi connectivity index (χ0n) is 16.5. The van der Waals surface area contributed by atoms with Crippen molar-refractivity contribution >= 4 is 22.9 Å². The summed E-state index contributed by atoms with van der Waals surface area (Å²) in [6.45, 7) is 4.02. The van der Waals surface area contributed by atoms with Gasteiger partial charge in [-0.25, -0.2) is 0 Å². The number of anilines is 1. The van der Waals surface area contributed by atoms with Gasteiger partial charge in [0, 0.05) is 35.5 Å². The average molecular weight is 390 g/mol. The van der Waals surface area contributed by atoms with Crippen molar-refractivity contribution in [3.05, 3.63) is 64.7 Å². The molecule has 0 saturated carbocycles. The number of rotatable bonds is 4. The third-order valence-corrected chi connectivity index (χ3v) is 6.37. The number of nitrogens with zero attached hydrogens (tertiary/aromatic N) is 1. The molecule has 5 nitrogen and oxygen atoms in total. The van der Waals surface area contributed by atoms with Gasteiger partial charge in [0.25, 0.3) is 5.91 Å². The van der Waals surface area contributed by atoms with E-state index in [-0.39, 0.29) is 5.91 Å². The summed E-state index contributed by atoms with van der Waals surface area (Å²) < 4.78 is 5.99. The van der Waals surface area contributed by atoms with Crippen LogP contribution in [-0.2, 0) is 22.6 Å². The van der Waals surface area contributed by atoms with Crippen LogP contribution in [0.25, 0.3) is 11.3 Å². The normalized spacial score (nSPS) is 21.6. The topological polar surface area (TPSA) is 61.8 Å². The molecule has 5 rings (SSSR count). The smallest absolute Gasteiger partial charge is 0.260 e. The second kappa shape index (κ2) is 7.65. The second-order valence-electron chi connectivity index (χ2n) is 8.20. The molecule has 0 radical (unpaired) electrons. The van der Waals surface area contributed by atoms with Crippen LogP contribution in [0.1, 0.15) is 35.1 Å². The van der Waals surface area contributed by atoms with Gasteiger partial charge < -0.3 is 20.1 Å². The van der Waals surface area contributed by atoms with E-state index in [0.29, 0.717) is 30.5 Å². The van der Waals surface area contributed by atoms with Crippen LogP contribution in [0.2, 0.25) is 0 Å². The lowest BCUT2D eigenvalue weighted by Gasteiger charge is -2.31. The van der Waals surface area contributed by atoms with Gasteiger partial charge in [-0.1, -0.05) is 36.4 Å². The van der Waals surface area contributed by atoms with Crippen LogP contribution in [0, 0.1) is 5.92 Å². The van der Waals surface area contributed by atoms with E-state index in [2.05, 4.69) is 28.4 Å². The quantitative estimate of drug-likeness (QED) is 0.787. The molecule has 0 spiro atoms. The first-order valence-corrected chi connectivity index (χ1v) is 10.5. The van der Waals surface area contributed by atoms with Crippen molar-refractivity contribution in [1.29, 1.82) is 0 Å². The SMILES string of the molecule is O=C1Nc2ccccc2/C1=C1\OCc2cc(CCN3CCC(CO)CC3)ccc21. The van der Waals surface area contributed by atoms with Crippen LogP contribution in [0.4, 0.5) is 5.69 Å². The molecule has 1 saturated heterocycles. The third kappa shape index (κ3) is 3.45. The van der Waals surface area contributed by atoms with E-state index in [1.807, 2.05) is 24.3 Å². The fraction of sp³-hybridized carbons (Fsp3) is 0.375. The number of carbonyl (C=O) groups excluding carboxylic acids is 1. The Bertz CT molecular complexity index is 974. The molecule has 1 fully saturated rings. The molecule has 150 valence electrons. The first-order chi connectivity index (χ1) is 14.2. The van der Waals surface area contributed by atoms with E-state index in [0.717, 1.165) is 61.3 Å². The number of ether oxygens (including phenoxy) is 1. The van der Waals surface area contributed by atoms with E-state index < -0.39 is 0 Å². The number of likely N-dealkylation sites (tertiary alicyclic amines) is 1. The molecule has 0 bridgehead atoms. The number of para-hydroxylation sites is 1. The highest BCUT2D eigenvalue weighted by Gasteiger charge is 2.32. The minimum Gasteiger partial charge on any atom is -0.487 e. The lowest BCUT2D eigenvalue weighted by Crippen LogP contribution is -2.36.